The average Bonchev–Trinajstić information content (AvgIpc) is 1.96. The van der Waals surface area contributed by atoms with Gasteiger partial charge in [-0.3, -0.25) is 4.79 Å². The van der Waals surface area contributed by atoms with Gasteiger partial charge in [0.1, 0.15) is 5.75 Å². The zero-order valence-corrected chi connectivity index (χ0v) is 9.78. The molecule has 0 aliphatic heterocycles. The fraction of sp³-hybridized carbons (Fsp3) is 0.125. The van der Waals surface area contributed by atoms with Gasteiger partial charge in [0.05, 0.1) is 5.56 Å². The molecule has 2 N–H and O–H groups in total. The molecule has 3 nitrogen and oxygen atoms in total. The number of carbonyl (C=O) groups is 1. The molecule has 0 unspecified atom stereocenters. The van der Waals surface area contributed by atoms with Crippen molar-refractivity contribution in [2.24, 2.45) is 0 Å². The van der Waals surface area contributed by atoms with E-state index in [0.29, 0.717) is 0 Å². The van der Waals surface area contributed by atoms with Gasteiger partial charge in [0.2, 0.25) is 0 Å². The Morgan fingerprint density at radius 2 is 2.00 bits per heavy atom. The summed E-state index contributed by atoms with van der Waals surface area (Å²) in [5.74, 6) is -0.737. The van der Waals surface area contributed by atoms with Crippen molar-refractivity contribution in [1.29, 1.82) is 0 Å². The molecule has 0 radical (unpaired) electrons. The van der Waals surface area contributed by atoms with E-state index in [-0.39, 0.29) is 10.2 Å². The van der Waals surface area contributed by atoms with Crippen LogP contribution in [0.4, 0.5) is 18.9 Å². The van der Waals surface area contributed by atoms with Crippen LogP contribution < -0.4 is 10.5 Å². The Balaban J connectivity index is 3.30. The van der Waals surface area contributed by atoms with Gasteiger partial charge >= 0.3 is 6.36 Å². The van der Waals surface area contributed by atoms with Gasteiger partial charge in [-0.1, -0.05) is 15.9 Å². The zero-order valence-electron chi connectivity index (χ0n) is 7.44. The first-order valence-corrected chi connectivity index (χ1v) is 4.92. The highest BCUT2D eigenvalue weighted by molar-refractivity contribution is 9.10. The summed E-state index contributed by atoms with van der Waals surface area (Å²) in [6, 6.07) is 2.21. The normalized spacial score (nSPS) is 11.3. The molecule has 0 heterocycles. The monoisotopic (exact) mass is 317 g/mol. The Hall–Kier alpha value is -0.950. The molecule has 0 aliphatic carbocycles. The van der Waals surface area contributed by atoms with Gasteiger partial charge in [-0.2, -0.15) is 0 Å². The molecule has 8 heteroatoms. The van der Waals surface area contributed by atoms with Crippen LogP contribution in [0.15, 0.2) is 16.6 Å². The first-order valence-electron chi connectivity index (χ1n) is 3.75. The lowest BCUT2D eigenvalue weighted by atomic mass is 10.2. The van der Waals surface area contributed by atoms with E-state index in [1.807, 2.05) is 0 Å². The Morgan fingerprint density at radius 3 is 2.44 bits per heavy atom. The topological polar surface area (TPSA) is 52.3 Å². The summed E-state index contributed by atoms with van der Waals surface area (Å²) in [5, 5.41) is -1.12. The summed E-state index contributed by atoms with van der Waals surface area (Å²) >= 11 is 8.04. The van der Waals surface area contributed by atoms with E-state index in [1.165, 1.54) is 6.07 Å². The Bertz CT molecular complexity index is 436. The third-order valence-corrected chi connectivity index (χ3v) is 2.17. The molecule has 88 valence electrons. The Labute approximate surface area is 101 Å². The molecule has 0 saturated carbocycles. The maximum Gasteiger partial charge on any atom is 0.573 e. The minimum atomic E-state index is -4.92. The molecule has 0 bridgehead atoms. The largest absolute Gasteiger partial charge is 0.573 e. The average molecular weight is 318 g/mol. The van der Waals surface area contributed by atoms with E-state index in [1.54, 1.807) is 0 Å². The molecule has 16 heavy (non-hydrogen) atoms. The molecule has 1 aromatic rings. The molecule has 0 aromatic heterocycles. The van der Waals surface area contributed by atoms with Gasteiger partial charge in [0, 0.05) is 10.2 Å². The van der Waals surface area contributed by atoms with Crippen LogP contribution in [0.5, 0.6) is 5.75 Å². The van der Waals surface area contributed by atoms with E-state index in [0.717, 1.165) is 6.07 Å². The van der Waals surface area contributed by atoms with Gasteiger partial charge in [-0.25, -0.2) is 0 Å². The first kappa shape index (κ1) is 13.1. The molecule has 0 amide bonds. The molecule has 0 atom stereocenters. The maximum absolute atomic E-state index is 12.0. The second kappa shape index (κ2) is 4.50. The Morgan fingerprint density at radius 1 is 1.44 bits per heavy atom. The van der Waals surface area contributed by atoms with Crippen molar-refractivity contribution in [3.63, 3.8) is 0 Å². The number of halogens is 5. The predicted molar refractivity (Wildman–Crippen MR) is 55.4 cm³/mol. The van der Waals surface area contributed by atoms with Crippen molar-refractivity contribution in [2.45, 2.75) is 6.36 Å². The van der Waals surface area contributed by atoms with Gasteiger partial charge in [0.25, 0.3) is 5.24 Å². The van der Waals surface area contributed by atoms with E-state index in [9.17, 15) is 18.0 Å². The van der Waals surface area contributed by atoms with Crippen molar-refractivity contribution in [3.05, 3.63) is 22.2 Å². The number of nitrogens with two attached hydrogens (primary N) is 1. The molecular formula is C8H4BrClF3NO2. The summed E-state index contributed by atoms with van der Waals surface area (Å²) < 4.78 is 39.9. The fourth-order valence-corrected chi connectivity index (χ4v) is 1.67. The SMILES string of the molecule is Nc1cc(Br)cc(OC(F)(F)F)c1C(=O)Cl. The highest BCUT2D eigenvalue weighted by Crippen LogP contribution is 2.34. The van der Waals surface area contributed by atoms with E-state index in [2.05, 4.69) is 20.7 Å². The number of benzene rings is 1. The summed E-state index contributed by atoms with van der Waals surface area (Å²) in [5.41, 5.74) is 4.65. The summed E-state index contributed by atoms with van der Waals surface area (Å²) in [6.07, 6.45) is -4.92. The van der Waals surface area contributed by atoms with E-state index >= 15 is 0 Å². The fourth-order valence-electron chi connectivity index (χ4n) is 1.02. The number of anilines is 1. The lowest BCUT2D eigenvalue weighted by Crippen LogP contribution is -2.19. The molecule has 1 rings (SSSR count). The third-order valence-electron chi connectivity index (χ3n) is 1.52. The van der Waals surface area contributed by atoms with Gasteiger partial charge in [0.15, 0.2) is 0 Å². The van der Waals surface area contributed by atoms with Crippen molar-refractivity contribution >= 4 is 38.5 Å². The van der Waals surface area contributed by atoms with E-state index in [4.69, 9.17) is 17.3 Å². The quantitative estimate of drug-likeness (QED) is 0.672. The predicted octanol–water partition coefficient (Wildman–Crippen LogP) is 3.31. The van der Waals surface area contributed by atoms with Gasteiger partial charge in [-0.05, 0) is 23.7 Å². The second-order valence-corrected chi connectivity index (χ2v) is 3.95. The lowest BCUT2D eigenvalue weighted by molar-refractivity contribution is -0.274. The van der Waals surface area contributed by atoms with Crippen LogP contribution in [-0.4, -0.2) is 11.6 Å². The minimum absolute atomic E-state index is 0.200. The van der Waals surface area contributed by atoms with Gasteiger partial charge < -0.3 is 10.5 Å². The van der Waals surface area contributed by atoms with Crippen molar-refractivity contribution in [1.82, 2.24) is 0 Å². The number of hydrogen-bond donors (Lipinski definition) is 1. The van der Waals surface area contributed by atoms with Crippen LogP contribution in [0.25, 0.3) is 0 Å². The number of rotatable bonds is 2. The highest BCUT2D eigenvalue weighted by atomic mass is 79.9. The number of ether oxygens (including phenoxy) is 1. The summed E-state index contributed by atoms with van der Waals surface area (Å²) in [4.78, 5) is 10.9. The number of nitrogen functional groups attached to an aromatic ring is 1. The smallest absolute Gasteiger partial charge is 0.405 e. The van der Waals surface area contributed by atoms with Crippen LogP contribution in [0, 0.1) is 0 Å². The third kappa shape index (κ3) is 3.28. The van der Waals surface area contributed by atoms with Crippen LogP contribution in [-0.2, 0) is 0 Å². The molecule has 0 spiro atoms. The summed E-state index contributed by atoms with van der Waals surface area (Å²) in [6.45, 7) is 0. The molecule has 0 aliphatic rings. The van der Waals surface area contributed by atoms with E-state index < -0.39 is 22.9 Å². The minimum Gasteiger partial charge on any atom is -0.405 e. The standard InChI is InChI=1S/C8H4BrClF3NO2/c9-3-1-4(14)6(7(10)15)5(2-3)16-8(11,12)13/h1-2H,14H2. The van der Waals surface area contributed by atoms with Crippen LogP contribution in [0.1, 0.15) is 10.4 Å². The first-order chi connectivity index (χ1) is 7.20. The Kier molecular flexibility index (Phi) is 3.69. The number of alkyl halides is 3. The molecule has 0 fully saturated rings. The second-order valence-electron chi connectivity index (χ2n) is 2.69. The highest BCUT2D eigenvalue weighted by Gasteiger charge is 2.33. The lowest BCUT2D eigenvalue weighted by Gasteiger charge is -2.13. The van der Waals surface area contributed by atoms with Crippen LogP contribution in [0.3, 0.4) is 0 Å². The van der Waals surface area contributed by atoms with Crippen LogP contribution in [0.2, 0.25) is 0 Å². The zero-order chi connectivity index (χ0) is 12.5. The summed E-state index contributed by atoms with van der Waals surface area (Å²) in [7, 11) is 0. The molecule has 0 saturated heterocycles. The van der Waals surface area contributed by atoms with Crippen LogP contribution >= 0.6 is 27.5 Å². The van der Waals surface area contributed by atoms with Crippen molar-refractivity contribution < 1.29 is 22.7 Å². The molecular weight excluding hydrogens is 314 g/mol. The molecule has 1 aromatic carbocycles. The number of carbonyl (C=O) groups excluding carboxylic acids is 1. The van der Waals surface area contributed by atoms with Gasteiger partial charge in [-0.15, -0.1) is 13.2 Å². The van der Waals surface area contributed by atoms with Crippen molar-refractivity contribution in [2.75, 3.05) is 5.73 Å². The van der Waals surface area contributed by atoms with Crippen molar-refractivity contribution in [3.8, 4) is 5.75 Å². The number of hydrogen-bond acceptors (Lipinski definition) is 3. The maximum atomic E-state index is 12.0.